The Morgan fingerprint density at radius 3 is 2.45 bits per heavy atom. The number of aromatic amines is 1. The van der Waals surface area contributed by atoms with E-state index in [0.717, 1.165) is 23.9 Å². The second kappa shape index (κ2) is 10.8. The number of aromatic nitrogens is 3. The molecular weight excluding hydrogens is 549 g/mol. The molecule has 0 atom stereocenters. The van der Waals surface area contributed by atoms with Gasteiger partial charge in [0.2, 0.25) is 5.91 Å². The summed E-state index contributed by atoms with van der Waals surface area (Å²) in [6, 6.07) is 17.0. The molecule has 0 radical (unpaired) electrons. The van der Waals surface area contributed by atoms with Crippen LogP contribution < -0.4 is 25.1 Å². The lowest BCUT2D eigenvalue weighted by Gasteiger charge is -2.14. The number of H-pyrrole nitrogens is 1. The van der Waals surface area contributed by atoms with E-state index in [2.05, 4.69) is 20.0 Å². The number of hydrogen-bond donors (Lipinski definition) is 2. The Morgan fingerprint density at radius 2 is 1.75 bits per heavy atom. The summed E-state index contributed by atoms with van der Waals surface area (Å²) in [6.45, 7) is 0. The Balaban J connectivity index is 1.49. The van der Waals surface area contributed by atoms with Gasteiger partial charge in [-0.15, -0.1) is 13.2 Å². The number of para-hydroxylation sites is 1. The number of amides is 1. The van der Waals surface area contributed by atoms with Gasteiger partial charge in [0.1, 0.15) is 16.8 Å². The Labute approximate surface area is 228 Å². The van der Waals surface area contributed by atoms with Crippen molar-refractivity contribution in [3.8, 4) is 22.9 Å². The molecule has 2 aromatic heterocycles. The van der Waals surface area contributed by atoms with E-state index in [1.165, 1.54) is 30.9 Å². The summed E-state index contributed by atoms with van der Waals surface area (Å²) in [6.07, 6.45) is -4.86. The molecule has 0 fully saturated rings. The zero-order chi connectivity index (χ0) is 28.4. The minimum atomic E-state index is -4.86. The molecule has 0 aliphatic carbocycles. The van der Waals surface area contributed by atoms with Gasteiger partial charge in [-0.2, -0.15) is 0 Å². The predicted octanol–water partition coefficient (Wildman–Crippen LogP) is 5.51. The fourth-order valence-corrected chi connectivity index (χ4v) is 4.91. The highest BCUT2D eigenvalue weighted by atomic mass is 32.2. The maximum atomic E-state index is 13.6. The molecule has 0 saturated heterocycles. The van der Waals surface area contributed by atoms with Crippen molar-refractivity contribution in [2.45, 2.75) is 11.5 Å². The highest BCUT2D eigenvalue weighted by molar-refractivity contribution is 7.99. The summed E-state index contributed by atoms with van der Waals surface area (Å²) >= 11 is 1.00. The van der Waals surface area contributed by atoms with E-state index >= 15 is 0 Å². The van der Waals surface area contributed by atoms with Gasteiger partial charge in [0, 0.05) is 22.7 Å². The lowest BCUT2D eigenvalue weighted by Crippen LogP contribution is -2.23. The number of thioether (sulfide) groups is 1. The monoisotopic (exact) mass is 570 g/mol. The molecule has 0 saturated carbocycles. The second-order valence-electron chi connectivity index (χ2n) is 8.38. The number of halogens is 3. The van der Waals surface area contributed by atoms with Gasteiger partial charge in [-0.25, -0.2) is 4.98 Å². The van der Waals surface area contributed by atoms with Crippen LogP contribution in [0.1, 0.15) is 0 Å². The fraction of sp³-hybridized carbons (Fsp3) is 0.148. The van der Waals surface area contributed by atoms with Crippen LogP contribution in [-0.4, -0.2) is 46.8 Å². The van der Waals surface area contributed by atoms with Crippen molar-refractivity contribution in [3.05, 3.63) is 77.1 Å². The van der Waals surface area contributed by atoms with Gasteiger partial charge in [-0.3, -0.25) is 14.2 Å². The third kappa shape index (κ3) is 5.54. The van der Waals surface area contributed by atoms with Crippen LogP contribution in [-0.2, 0) is 4.79 Å². The molecule has 40 heavy (non-hydrogen) atoms. The third-order valence-electron chi connectivity index (χ3n) is 5.82. The number of carbonyl (C=O) groups excluding carboxylic acids is 1. The number of rotatable bonds is 8. The summed E-state index contributed by atoms with van der Waals surface area (Å²) in [5.74, 6) is -0.00409. The minimum absolute atomic E-state index is 0.121. The summed E-state index contributed by atoms with van der Waals surface area (Å²) in [5.41, 5.74) is 1.56. The number of benzene rings is 3. The molecule has 1 amide bonds. The zero-order valence-electron chi connectivity index (χ0n) is 21.0. The SMILES string of the molecule is COc1ccc(NC(=O)CSc2nc3c([nH]c4ccccc43)c(=O)n2-c2ccc(OC(F)(F)F)cc2)cc1OC. The summed E-state index contributed by atoms with van der Waals surface area (Å²) < 4.78 is 53.6. The van der Waals surface area contributed by atoms with E-state index in [9.17, 15) is 22.8 Å². The normalized spacial score (nSPS) is 11.5. The molecule has 0 aliphatic rings. The van der Waals surface area contributed by atoms with Crippen molar-refractivity contribution < 1.29 is 32.2 Å². The maximum Gasteiger partial charge on any atom is 0.573 e. The van der Waals surface area contributed by atoms with Crippen LogP contribution in [0.15, 0.2) is 76.7 Å². The van der Waals surface area contributed by atoms with Gasteiger partial charge in [0.25, 0.3) is 5.56 Å². The first-order valence-electron chi connectivity index (χ1n) is 11.7. The first-order chi connectivity index (χ1) is 19.2. The van der Waals surface area contributed by atoms with Gasteiger partial charge in [-0.1, -0.05) is 30.0 Å². The standard InChI is InChI=1S/C27H21F3N4O5S/c1-37-20-12-7-15(13-21(20)38-2)31-22(35)14-40-26-33-23-18-5-3-4-6-19(18)32-24(23)25(36)34(26)16-8-10-17(11-9-16)39-27(28,29)30/h3-13,32H,14H2,1-2H3,(H,31,35). The molecule has 13 heteroatoms. The van der Waals surface area contributed by atoms with Crippen molar-refractivity contribution in [1.29, 1.82) is 0 Å². The van der Waals surface area contributed by atoms with Crippen LogP contribution in [0.25, 0.3) is 27.6 Å². The average molecular weight is 571 g/mol. The van der Waals surface area contributed by atoms with Crippen molar-refractivity contribution in [2.24, 2.45) is 0 Å². The van der Waals surface area contributed by atoms with E-state index in [0.29, 0.717) is 33.6 Å². The van der Waals surface area contributed by atoms with Crippen molar-refractivity contribution in [2.75, 3.05) is 25.3 Å². The highest BCUT2D eigenvalue weighted by Crippen LogP contribution is 2.31. The number of nitrogens with one attached hydrogen (secondary N) is 2. The number of nitrogens with zero attached hydrogens (tertiary/aromatic N) is 2. The Bertz CT molecular complexity index is 1770. The number of carbonyl (C=O) groups is 1. The van der Waals surface area contributed by atoms with Crippen molar-refractivity contribution in [3.63, 3.8) is 0 Å². The fourth-order valence-electron chi connectivity index (χ4n) is 4.10. The minimum Gasteiger partial charge on any atom is -0.493 e. The number of anilines is 1. The summed E-state index contributed by atoms with van der Waals surface area (Å²) in [4.78, 5) is 34.2. The van der Waals surface area contributed by atoms with Crippen LogP contribution >= 0.6 is 11.8 Å². The number of alkyl halides is 3. The molecule has 2 heterocycles. The van der Waals surface area contributed by atoms with Crippen molar-refractivity contribution in [1.82, 2.24) is 14.5 Å². The molecule has 5 rings (SSSR count). The molecule has 9 nitrogen and oxygen atoms in total. The van der Waals surface area contributed by atoms with E-state index in [1.54, 1.807) is 24.3 Å². The van der Waals surface area contributed by atoms with Crippen LogP contribution in [0, 0.1) is 0 Å². The number of ether oxygens (including phenoxy) is 3. The molecule has 3 aromatic carbocycles. The largest absolute Gasteiger partial charge is 0.573 e. The first kappa shape index (κ1) is 26.9. The van der Waals surface area contributed by atoms with E-state index in [1.807, 2.05) is 18.2 Å². The molecule has 5 aromatic rings. The summed E-state index contributed by atoms with van der Waals surface area (Å²) in [7, 11) is 2.98. The van der Waals surface area contributed by atoms with E-state index in [4.69, 9.17) is 9.47 Å². The number of fused-ring (bicyclic) bond motifs is 3. The molecule has 0 aliphatic heterocycles. The Morgan fingerprint density at radius 1 is 1.02 bits per heavy atom. The van der Waals surface area contributed by atoms with Crippen LogP contribution in [0.5, 0.6) is 17.2 Å². The highest BCUT2D eigenvalue weighted by Gasteiger charge is 2.31. The Kier molecular flexibility index (Phi) is 7.30. The number of hydrogen-bond acceptors (Lipinski definition) is 7. The lowest BCUT2D eigenvalue weighted by molar-refractivity contribution is -0.274. The van der Waals surface area contributed by atoms with Gasteiger partial charge in [0.05, 0.1) is 25.7 Å². The third-order valence-corrected chi connectivity index (χ3v) is 6.76. The molecule has 206 valence electrons. The Hall–Kier alpha value is -4.65. The lowest BCUT2D eigenvalue weighted by atomic mass is 10.2. The van der Waals surface area contributed by atoms with Gasteiger partial charge < -0.3 is 24.5 Å². The average Bonchev–Trinajstić information content (AvgIpc) is 3.31. The molecule has 2 N–H and O–H groups in total. The maximum absolute atomic E-state index is 13.6. The van der Waals surface area contributed by atoms with Crippen LogP contribution in [0.2, 0.25) is 0 Å². The van der Waals surface area contributed by atoms with Crippen LogP contribution in [0.3, 0.4) is 0 Å². The second-order valence-corrected chi connectivity index (χ2v) is 9.32. The topological polar surface area (TPSA) is 107 Å². The molecule has 0 bridgehead atoms. The molecular formula is C27H21F3N4O5S. The molecule has 0 unspecified atom stereocenters. The van der Waals surface area contributed by atoms with Gasteiger partial charge >= 0.3 is 6.36 Å². The van der Waals surface area contributed by atoms with Crippen LogP contribution in [0.4, 0.5) is 18.9 Å². The smallest absolute Gasteiger partial charge is 0.493 e. The quantitative estimate of drug-likeness (QED) is 0.187. The zero-order valence-corrected chi connectivity index (χ0v) is 21.9. The van der Waals surface area contributed by atoms with E-state index in [-0.39, 0.29) is 28.0 Å². The molecule has 0 spiro atoms. The first-order valence-corrected chi connectivity index (χ1v) is 12.7. The van der Waals surface area contributed by atoms with Gasteiger partial charge in [-0.05, 0) is 42.5 Å². The van der Waals surface area contributed by atoms with Gasteiger partial charge in [0.15, 0.2) is 16.7 Å². The van der Waals surface area contributed by atoms with E-state index < -0.39 is 17.7 Å². The van der Waals surface area contributed by atoms with Crippen molar-refractivity contribution >= 4 is 45.3 Å². The number of methoxy groups -OCH3 is 2. The predicted molar refractivity (Wildman–Crippen MR) is 145 cm³/mol. The summed E-state index contributed by atoms with van der Waals surface area (Å²) in [5, 5.41) is 3.65.